The first kappa shape index (κ1) is 24.8. The molecule has 2 N–H and O–H groups in total. The van der Waals surface area contributed by atoms with E-state index in [1.54, 1.807) is 4.90 Å². The number of likely N-dealkylation sites (tertiary alicyclic amines) is 1. The summed E-state index contributed by atoms with van der Waals surface area (Å²) in [5.41, 5.74) is 2.39. The lowest BCUT2D eigenvalue weighted by Gasteiger charge is -2.36. The van der Waals surface area contributed by atoms with Crippen molar-refractivity contribution in [3.8, 4) is 0 Å². The predicted octanol–water partition coefficient (Wildman–Crippen LogP) is 1.42. The molecule has 1 atom stereocenters. The Morgan fingerprint density at radius 2 is 1.69 bits per heavy atom. The second-order valence-corrected chi connectivity index (χ2v) is 9.36. The molecule has 0 spiro atoms. The summed E-state index contributed by atoms with van der Waals surface area (Å²) in [7, 11) is 0. The van der Waals surface area contributed by atoms with Gasteiger partial charge in [0.25, 0.3) is 5.91 Å². The van der Waals surface area contributed by atoms with Gasteiger partial charge in [-0.25, -0.2) is 4.79 Å². The van der Waals surface area contributed by atoms with E-state index >= 15 is 0 Å². The fraction of sp³-hybridized carbons (Fsp3) is 0.560. The molecule has 0 aliphatic carbocycles. The number of ketones is 1. The molecular weight excluding hydrogens is 450 g/mol. The summed E-state index contributed by atoms with van der Waals surface area (Å²) in [5.74, 6) is -2.40. The third-order valence-corrected chi connectivity index (χ3v) is 7.05. The van der Waals surface area contributed by atoms with Crippen molar-refractivity contribution >= 4 is 29.2 Å². The van der Waals surface area contributed by atoms with E-state index in [9.17, 15) is 14.4 Å². The Hall–Kier alpha value is -3.27. The quantitative estimate of drug-likeness (QED) is 0.341. The van der Waals surface area contributed by atoms with E-state index in [0.29, 0.717) is 43.9 Å². The van der Waals surface area contributed by atoms with Crippen LogP contribution in [0.2, 0.25) is 0 Å². The first-order valence-electron chi connectivity index (χ1n) is 12.3. The molecule has 4 rings (SSSR count). The average molecular weight is 484 g/mol. The number of nitrogens with one attached hydrogen (secondary N) is 1. The van der Waals surface area contributed by atoms with E-state index in [1.165, 1.54) is 0 Å². The normalized spacial score (nSPS) is 21.4. The highest BCUT2D eigenvalue weighted by Gasteiger charge is 2.36. The molecule has 0 radical (unpaired) electrons. The number of carboxylic acid groups (broad SMARTS) is 1. The second-order valence-electron chi connectivity index (χ2n) is 9.36. The summed E-state index contributed by atoms with van der Waals surface area (Å²) in [6.45, 7) is 7.62. The van der Waals surface area contributed by atoms with Gasteiger partial charge in [-0.05, 0) is 31.4 Å². The van der Waals surface area contributed by atoms with Crippen LogP contribution in [-0.4, -0.2) is 101 Å². The zero-order chi connectivity index (χ0) is 24.9. The van der Waals surface area contributed by atoms with Gasteiger partial charge in [-0.2, -0.15) is 0 Å². The van der Waals surface area contributed by atoms with E-state index in [0.717, 1.165) is 50.3 Å². The van der Waals surface area contributed by atoms with Crippen LogP contribution in [0.1, 0.15) is 43.7 Å². The van der Waals surface area contributed by atoms with Crippen LogP contribution < -0.4 is 0 Å². The van der Waals surface area contributed by atoms with Crippen LogP contribution in [0.3, 0.4) is 0 Å². The number of hydrogen-bond donors (Lipinski definition) is 2. The largest absolute Gasteiger partial charge is 0.475 e. The predicted molar refractivity (Wildman–Crippen MR) is 130 cm³/mol. The van der Waals surface area contributed by atoms with Crippen LogP contribution in [-0.2, 0) is 19.2 Å². The van der Waals surface area contributed by atoms with Gasteiger partial charge < -0.3 is 19.7 Å². The number of piperazine rings is 1. The number of carbonyl (C=O) groups is 3. The lowest BCUT2D eigenvalue weighted by Crippen LogP contribution is -2.48. The number of benzene rings is 1. The van der Waals surface area contributed by atoms with Gasteiger partial charge in [-0.3, -0.25) is 19.9 Å². The number of Topliss-reactive ketones (excluding diaryl/α,β-unsaturated/α-hetero) is 1. The maximum absolute atomic E-state index is 12.9. The van der Waals surface area contributed by atoms with E-state index in [4.69, 9.17) is 15.4 Å². The minimum Gasteiger partial charge on any atom is -0.475 e. The lowest BCUT2D eigenvalue weighted by molar-refractivity contribution is -0.152. The Morgan fingerprint density at radius 3 is 2.29 bits per heavy atom. The molecular formula is C25H33N5O5. The molecule has 3 aliphatic heterocycles. The summed E-state index contributed by atoms with van der Waals surface area (Å²) >= 11 is 0. The maximum atomic E-state index is 12.9. The molecule has 3 aliphatic rings. The Labute approximate surface area is 205 Å². The van der Waals surface area contributed by atoms with E-state index < -0.39 is 23.8 Å². The minimum atomic E-state index is -1.41. The van der Waals surface area contributed by atoms with Crippen LogP contribution in [0.25, 0.3) is 0 Å². The van der Waals surface area contributed by atoms with Gasteiger partial charge in [-0.15, -0.1) is 0 Å². The molecule has 3 heterocycles. The number of carbonyl (C=O) groups excluding carboxylic acids is 2. The highest BCUT2D eigenvalue weighted by molar-refractivity contribution is 6.33. The molecule has 10 nitrogen and oxygen atoms in total. The number of rotatable bonds is 7. The van der Waals surface area contributed by atoms with Crippen LogP contribution in [0, 0.1) is 11.3 Å². The standard InChI is InChI=1S/C25H33N5O5/c1-2-9-28-12-14-29(15-13-28)23(26)19-5-3-17(4-6-19)20-16-21(35-27-20)24(32)30-10-7-18(8-11-30)22(31)25(33)34/h3-6,18,21,26H,2,7-16H2,1H3,(H,33,34). The molecule has 0 bridgehead atoms. The number of amidine groups is 1. The SMILES string of the molecule is CCCN1CCN(C(=N)c2ccc(C3=NOC(C(=O)N4CCC(C(=O)C(=O)O)CC4)C3)cc2)CC1. The van der Waals surface area contributed by atoms with Crippen molar-refractivity contribution in [1.29, 1.82) is 5.41 Å². The number of amides is 1. The summed E-state index contributed by atoms with van der Waals surface area (Å²) in [4.78, 5) is 47.0. The molecule has 2 saturated heterocycles. The third kappa shape index (κ3) is 5.70. The lowest BCUT2D eigenvalue weighted by atomic mass is 9.92. The minimum absolute atomic E-state index is 0.189. The Balaban J connectivity index is 1.27. The van der Waals surface area contributed by atoms with Gasteiger partial charge in [0.2, 0.25) is 11.9 Å². The first-order chi connectivity index (χ1) is 16.9. The highest BCUT2D eigenvalue weighted by Crippen LogP contribution is 2.23. The van der Waals surface area contributed by atoms with Crippen LogP contribution in [0.15, 0.2) is 29.4 Å². The van der Waals surface area contributed by atoms with Gasteiger partial charge in [0, 0.05) is 57.2 Å². The number of carboxylic acids is 1. The van der Waals surface area contributed by atoms with Crippen LogP contribution in [0.4, 0.5) is 0 Å². The zero-order valence-corrected chi connectivity index (χ0v) is 20.1. The Bertz CT molecular complexity index is 992. The van der Waals surface area contributed by atoms with Crippen molar-refractivity contribution in [3.63, 3.8) is 0 Å². The molecule has 10 heteroatoms. The van der Waals surface area contributed by atoms with Crippen molar-refractivity contribution < 1.29 is 24.3 Å². The number of piperidine rings is 1. The van der Waals surface area contributed by atoms with E-state index in [1.807, 2.05) is 24.3 Å². The van der Waals surface area contributed by atoms with Crippen molar-refractivity contribution in [2.24, 2.45) is 11.1 Å². The number of aliphatic carboxylic acids is 1. The number of nitrogens with zero attached hydrogens (tertiary/aromatic N) is 4. The van der Waals surface area contributed by atoms with Crippen LogP contribution >= 0.6 is 0 Å². The van der Waals surface area contributed by atoms with E-state index in [-0.39, 0.29) is 5.91 Å². The van der Waals surface area contributed by atoms with Crippen molar-refractivity contribution in [1.82, 2.24) is 14.7 Å². The van der Waals surface area contributed by atoms with Gasteiger partial charge in [0.15, 0.2) is 0 Å². The summed E-state index contributed by atoms with van der Waals surface area (Å²) in [6.07, 6.45) is 1.47. The number of oxime groups is 1. The van der Waals surface area contributed by atoms with Gasteiger partial charge >= 0.3 is 5.97 Å². The fourth-order valence-corrected chi connectivity index (χ4v) is 4.94. The van der Waals surface area contributed by atoms with E-state index in [2.05, 4.69) is 21.9 Å². The first-order valence-corrected chi connectivity index (χ1v) is 12.3. The molecule has 1 amide bonds. The average Bonchev–Trinajstić information content (AvgIpc) is 3.38. The Morgan fingerprint density at radius 1 is 1.03 bits per heavy atom. The second kappa shape index (κ2) is 11.0. The van der Waals surface area contributed by atoms with Crippen LogP contribution in [0.5, 0.6) is 0 Å². The highest BCUT2D eigenvalue weighted by atomic mass is 16.6. The summed E-state index contributed by atoms with van der Waals surface area (Å²) < 4.78 is 0. The maximum Gasteiger partial charge on any atom is 0.372 e. The topological polar surface area (TPSA) is 127 Å². The Kier molecular flexibility index (Phi) is 7.80. The molecule has 0 aromatic heterocycles. The fourth-order valence-electron chi connectivity index (χ4n) is 4.94. The summed E-state index contributed by atoms with van der Waals surface area (Å²) in [6, 6.07) is 7.65. The molecule has 1 aromatic carbocycles. The van der Waals surface area contributed by atoms with Gasteiger partial charge in [0.05, 0.1) is 5.71 Å². The molecule has 35 heavy (non-hydrogen) atoms. The molecule has 0 saturated carbocycles. The molecule has 188 valence electrons. The molecule has 2 fully saturated rings. The smallest absolute Gasteiger partial charge is 0.372 e. The molecule has 1 aromatic rings. The summed E-state index contributed by atoms with van der Waals surface area (Å²) in [5, 5.41) is 21.6. The van der Waals surface area contributed by atoms with Crippen molar-refractivity contribution in [3.05, 3.63) is 35.4 Å². The monoisotopic (exact) mass is 483 g/mol. The van der Waals surface area contributed by atoms with Gasteiger partial charge in [-0.1, -0.05) is 36.3 Å². The number of hydrogen-bond acceptors (Lipinski definition) is 7. The zero-order valence-electron chi connectivity index (χ0n) is 20.1. The molecule has 1 unspecified atom stereocenters. The third-order valence-electron chi connectivity index (χ3n) is 7.05. The van der Waals surface area contributed by atoms with Crippen molar-refractivity contribution in [2.75, 3.05) is 45.8 Å². The van der Waals surface area contributed by atoms with Gasteiger partial charge in [0.1, 0.15) is 5.84 Å². The van der Waals surface area contributed by atoms with Crippen molar-refractivity contribution in [2.45, 2.75) is 38.7 Å².